The van der Waals surface area contributed by atoms with E-state index >= 15 is 0 Å². The molecule has 1 saturated heterocycles. The Bertz CT molecular complexity index is 1450. The Morgan fingerprint density at radius 3 is 2.63 bits per heavy atom. The van der Waals surface area contributed by atoms with Crippen LogP contribution in [0, 0.1) is 11.7 Å². The second kappa shape index (κ2) is 9.59. The molecule has 9 heteroatoms. The van der Waals surface area contributed by atoms with Crippen LogP contribution in [0.4, 0.5) is 4.39 Å². The van der Waals surface area contributed by atoms with Gasteiger partial charge in [-0.25, -0.2) is 17.8 Å². The second-order valence-electron chi connectivity index (χ2n) is 8.68. The molecule has 1 aliphatic heterocycles. The standard InChI is InChI=1S/C26H25FN4O3S/c27-21-10-8-18(9-11-21)16-28-26(32)20-7-4-14-31(17-20)35(33,34)22-12-13-23-24(15-22)30-25(29-23)19-5-2-1-3-6-19/h1-3,5-6,8-13,15,20H,4,7,14,16-17H2,(H,28,32)(H,29,30)/t20-/m1/s1. The van der Waals surface area contributed by atoms with Gasteiger partial charge in [0.2, 0.25) is 15.9 Å². The van der Waals surface area contributed by atoms with Gasteiger partial charge in [-0.2, -0.15) is 4.31 Å². The maximum atomic E-state index is 13.4. The number of nitrogens with zero attached hydrogens (tertiary/aromatic N) is 2. The molecule has 1 atom stereocenters. The molecule has 35 heavy (non-hydrogen) atoms. The third-order valence-electron chi connectivity index (χ3n) is 6.27. The summed E-state index contributed by atoms with van der Waals surface area (Å²) in [5, 5.41) is 2.85. The van der Waals surface area contributed by atoms with E-state index in [4.69, 9.17) is 0 Å². The summed E-state index contributed by atoms with van der Waals surface area (Å²) in [7, 11) is -3.78. The number of halogens is 1. The molecule has 3 aromatic carbocycles. The Hall–Kier alpha value is -3.56. The van der Waals surface area contributed by atoms with Crippen LogP contribution < -0.4 is 5.32 Å². The van der Waals surface area contributed by atoms with Crippen LogP contribution in [0.1, 0.15) is 18.4 Å². The van der Waals surface area contributed by atoms with Crippen LogP contribution in [0.2, 0.25) is 0 Å². The summed E-state index contributed by atoms with van der Waals surface area (Å²) in [5.74, 6) is -0.311. The molecule has 0 unspecified atom stereocenters. The molecule has 5 rings (SSSR count). The lowest BCUT2D eigenvalue weighted by Gasteiger charge is -2.31. The molecule has 0 saturated carbocycles. The van der Waals surface area contributed by atoms with E-state index in [1.807, 2.05) is 30.3 Å². The van der Waals surface area contributed by atoms with E-state index in [9.17, 15) is 17.6 Å². The fourth-order valence-corrected chi connectivity index (χ4v) is 5.89. The van der Waals surface area contributed by atoms with Crippen molar-refractivity contribution in [2.45, 2.75) is 24.3 Å². The predicted octanol–water partition coefficient (Wildman–Crippen LogP) is 4.09. The molecule has 180 valence electrons. The third kappa shape index (κ3) is 4.96. The van der Waals surface area contributed by atoms with E-state index in [1.165, 1.54) is 16.4 Å². The molecule has 1 aromatic heterocycles. The molecule has 0 bridgehead atoms. The first kappa shape index (κ1) is 23.2. The Morgan fingerprint density at radius 2 is 1.86 bits per heavy atom. The van der Waals surface area contributed by atoms with Crippen molar-refractivity contribution in [1.82, 2.24) is 19.6 Å². The van der Waals surface area contributed by atoms with E-state index in [-0.39, 0.29) is 29.7 Å². The zero-order valence-corrected chi connectivity index (χ0v) is 19.8. The number of amides is 1. The summed E-state index contributed by atoms with van der Waals surface area (Å²) in [5.41, 5.74) is 3.01. The molecule has 2 N–H and O–H groups in total. The highest BCUT2D eigenvalue weighted by Gasteiger charge is 2.33. The summed E-state index contributed by atoms with van der Waals surface area (Å²) < 4.78 is 41.3. The monoisotopic (exact) mass is 492 g/mol. The van der Waals surface area contributed by atoms with E-state index in [0.29, 0.717) is 36.2 Å². The normalized spacial score (nSPS) is 16.9. The minimum atomic E-state index is -3.78. The number of hydrogen-bond acceptors (Lipinski definition) is 4. The van der Waals surface area contributed by atoms with Crippen molar-refractivity contribution in [2.24, 2.45) is 5.92 Å². The lowest BCUT2D eigenvalue weighted by molar-refractivity contribution is -0.126. The molecule has 2 heterocycles. The van der Waals surface area contributed by atoms with Gasteiger partial charge in [0.15, 0.2) is 0 Å². The average molecular weight is 493 g/mol. The zero-order valence-electron chi connectivity index (χ0n) is 18.9. The highest BCUT2D eigenvalue weighted by molar-refractivity contribution is 7.89. The number of fused-ring (bicyclic) bond motifs is 1. The van der Waals surface area contributed by atoms with Gasteiger partial charge in [-0.3, -0.25) is 4.79 Å². The van der Waals surface area contributed by atoms with E-state index < -0.39 is 15.9 Å². The lowest BCUT2D eigenvalue weighted by Crippen LogP contribution is -2.45. The van der Waals surface area contributed by atoms with Crippen molar-refractivity contribution in [1.29, 1.82) is 0 Å². The van der Waals surface area contributed by atoms with Gasteiger partial charge in [-0.1, -0.05) is 42.5 Å². The molecule has 0 radical (unpaired) electrons. The number of aromatic amines is 1. The van der Waals surface area contributed by atoms with Crippen molar-refractivity contribution in [2.75, 3.05) is 13.1 Å². The third-order valence-corrected chi connectivity index (χ3v) is 8.13. The molecule has 0 spiro atoms. The minimum absolute atomic E-state index is 0.119. The fourth-order valence-electron chi connectivity index (χ4n) is 4.34. The lowest BCUT2D eigenvalue weighted by atomic mass is 9.99. The Labute approximate surface area is 203 Å². The number of rotatable bonds is 6. The first-order valence-corrected chi connectivity index (χ1v) is 12.9. The smallest absolute Gasteiger partial charge is 0.243 e. The number of benzene rings is 3. The predicted molar refractivity (Wildman–Crippen MR) is 131 cm³/mol. The molecular weight excluding hydrogens is 467 g/mol. The summed E-state index contributed by atoms with van der Waals surface area (Å²) in [4.78, 5) is 20.7. The summed E-state index contributed by atoms with van der Waals surface area (Å²) in [6.45, 7) is 0.747. The van der Waals surface area contributed by atoms with Gasteiger partial charge in [-0.05, 0) is 48.7 Å². The average Bonchev–Trinajstić information content (AvgIpc) is 3.32. The van der Waals surface area contributed by atoms with Crippen LogP contribution >= 0.6 is 0 Å². The van der Waals surface area contributed by atoms with Crippen molar-refractivity contribution in [3.8, 4) is 11.4 Å². The quantitative estimate of drug-likeness (QED) is 0.424. The van der Waals surface area contributed by atoms with Crippen LogP contribution in [0.15, 0.2) is 77.7 Å². The van der Waals surface area contributed by atoms with Crippen molar-refractivity contribution in [3.63, 3.8) is 0 Å². The number of carbonyl (C=O) groups excluding carboxylic acids is 1. The first-order valence-electron chi connectivity index (χ1n) is 11.5. The number of imidazole rings is 1. The molecule has 4 aromatic rings. The van der Waals surface area contributed by atoms with Crippen LogP contribution in [-0.4, -0.2) is 41.7 Å². The van der Waals surface area contributed by atoms with Gasteiger partial charge < -0.3 is 10.3 Å². The van der Waals surface area contributed by atoms with Gasteiger partial charge in [0.25, 0.3) is 0 Å². The van der Waals surface area contributed by atoms with Crippen molar-refractivity contribution < 1.29 is 17.6 Å². The van der Waals surface area contributed by atoms with E-state index in [1.54, 1.807) is 30.3 Å². The molecule has 1 amide bonds. The maximum absolute atomic E-state index is 13.4. The van der Waals surface area contributed by atoms with Crippen LogP contribution in [0.5, 0.6) is 0 Å². The largest absolute Gasteiger partial charge is 0.352 e. The SMILES string of the molecule is O=C(NCc1ccc(F)cc1)[C@@H]1CCCN(S(=O)(=O)c2ccc3nc(-c4ccccc4)[nH]c3c2)C1. The number of piperidine rings is 1. The topological polar surface area (TPSA) is 95.2 Å². The number of sulfonamides is 1. The maximum Gasteiger partial charge on any atom is 0.243 e. The summed E-state index contributed by atoms with van der Waals surface area (Å²) in [6, 6.07) is 20.4. The highest BCUT2D eigenvalue weighted by atomic mass is 32.2. The zero-order chi connectivity index (χ0) is 24.4. The van der Waals surface area contributed by atoms with Gasteiger partial charge >= 0.3 is 0 Å². The van der Waals surface area contributed by atoms with Gasteiger partial charge in [-0.15, -0.1) is 0 Å². The number of nitrogens with one attached hydrogen (secondary N) is 2. The fraction of sp³-hybridized carbons (Fsp3) is 0.231. The number of H-pyrrole nitrogens is 1. The van der Waals surface area contributed by atoms with Gasteiger partial charge in [0.05, 0.1) is 21.8 Å². The van der Waals surface area contributed by atoms with E-state index in [0.717, 1.165) is 11.1 Å². The number of carbonyl (C=O) groups is 1. The molecule has 0 aliphatic carbocycles. The Balaban J connectivity index is 1.30. The number of aromatic nitrogens is 2. The van der Waals surface area contributed by atoms with Crippen LogP contribution in [0.3, 0.4) is 0 Å². The minimum Gasteiger partial charge on any atom is -0.352 e. The molecule has 1 aliphatic rings. The summed E-state index contributed by atoms with van der Waals surface area (Å²) >= 11 is 0. The molecule has 1 fully saturated rings. The molecule has 7 nitrogen and oxygen atoms in total. The van der Waals surface area contributed by atoms with Crippen LogP contribution in [-0.2, 0) is 21.4 Å². The van der Waals surface area contributed by atoms with Gasteiger partial charge in [0, 0.05) is 25.2 Å². The van der Waals surface area contributed by atoms with Crippen LogP contribution in [0.25, 0.3) is 22.4 Å². The Kier molecular flexibility index (Phi) is 6.36. The molecular formula is C26H25FN4O3S. The highest BCUT2D eigenvalue weighted by Crippen LogP contribution is 2.27. The first-order chi connectivity index (χ1) is 16.9. The van der Waals surface area contributed by atoms with E-state index in [2.05, 4.69) is 15.3 Å². The second-order valence-corrected chi connectivity index (χ2v) is 10.6. The summed E-state index contributed by atoms with van der Waals surface area (Å²) in [6.07, 6.45) is 1.21. The number of hydrogen-bond donors (Lipinski definition) is 2. The van der Waals surface area contributed by atoms with Crippen molar-refractivity contribution >= 4 is 27.0 Å². The van der Waals surface area contributed by atoms with Gasteiger partial charge in [0.1, 0.15) is 11.6 Å². The van der Waals surface area contributed by atoms with Crippen molar-refractivity contribution in [3.05, 3.63) is 84.2 Å². The Morgan fingerprint density at radius 1 is 1.09 bits per heavy atom.